The first-order valence-electron chi connectivity index (χ1n) is 9.32. The SMILES string of the molecule is CCCC1=C(C(=O)OCC(C)(C)C)C(c2ccc(F)cc2Br)C(C#N)=C(C)N1. The average molecular weight is 449 g/mol. The van der Waals surface area contributed by atoms with E-state index in [0.717, 1.165) is 12.1 Å². The van der Waals surface area contributed by atoms with Crippen LogP contribution in [0.4, 0.5) is 4.39 Å². The largest absolute Gasteiger partial charge is 0.462 e. The number of esters is 1. The highest BCUT2D eigenvalue weighted by Crippen LogP contribution is 2.42. The van der Waals surface area contributed by atoms with Gasteiger partial charge in [0.05, 0.1) is 29.7 Å². The molecule has 0 aromatic heterocycles. The van der Waals surface area contributed by atoms with E-state index in [-0.39, 0.29) is 12.0 Å². The third kappa shape index (κ3) is 5.02. The van der Waals surface area contributed by atoms with Crippen molar-refractivity contribution in [2.45, 2.75) is 53.4 Å². The summed E-state index contributed by atoms with van der Waals surface area (Å²) in [5.41, 5.74) is 2.77. The number of rotatable bonds is 5. The van der Waals surface area contributed by atoms with E-state index in [4.69, 9.17) is 4.74 Å². The van der Waals surface area contributed by atoms with Crippen molar-refractivity contribution >= 4 is 21.9 Å². The molecule has 0 fully saturated rings. The van der Waals surface area contributed by atoms with Crippen LogP contribution in [0, 0.1) is 22.6 Å². The summed E-state index contributed by atoms with van der Waals surface area (Å²) in [5, 5.41) is 13.0. The minimum absolute atomic E-state index is 0.182. The summed E-state index contributed by atoms with van der Waals surface area (Å²) in [7, 11) is 0. The Labute approximate surface area is 174 Å². The number of ether oxygens (including phenoxy) is 1. The van der Waals surface area contributed by atoms with Crippen molar-refractivity contribution in [3.05, 3.63) is 56.6 Å². The standard InChI is InChI=1S/C22H26BrFN2O2/c1-6-7-18-20(21(27)28-12-22(3,4)5)19(16(11-25)13(2)26-18)15-9-8-14(24)10-17(15)23/h8-10,19,26H,6-7,12H2,1-5H3. The molecule has 2 rings (SSSR count). The van der Waals surface area contributed by atoms with Gasteiger partial charge in [-0.3, -0.25) is 0 Å². The van der Waals surface area contributed by atoms with Crippen LogP contribution in [0.1, 0.15) is 58.9 Å². The Kier molecular flexibility index (Phi) is 7.06. The van der Waals surface area contributed by atoms with Gasteiger partial charge >= 0.3 is 5.97 Å². The fraction of sp³-hybridized carbons (Fsp3) is 0.455. The van der Waals surface area contributed by atoms with Gasteiger partial charge in [-0.15, -0.1) is 0 Å². The van der Waals surface area contributed by atoms with Crippen molar-refractivity contribution in [3.8, 4) is 6.07 Å². The summed E-state index contributed by atoms with van der Waals surface area (Å²) in [6, 6.07) is 6.52. The number of carbonyl (C=O) groups excluding carboxylic acids is 1. The van der Waals surface area contributed by atoms with Gasteiger partial charge in [0.2, 0.25) is 0 Å². The van der Waals surface area contributed by atoms with Crippen LogP contribution in [0.2, 0.25) is 0 Å². The zero-order chi connectivity index (χ0) is 21.1. The molecule has 1 aliphatic heterocycles. The molecule has 1 atom stereocenters. The van der Waals surface area contributed by atoms with Crippen LogP contribution in [0.5, 0.6) is 0 Å². The van der Waals surface area contributed by atoms with Gasteiger partial charge in [-0.1, -0.05) is 56.1 Å². The zero-order valence-electron chi connectivity index (χ0n) is 17.0. The molecule has 0 amide bonds. The molecule has 150 valence electrons. The highest BCUT2D eigenvalue weighted by molar-refractivity contribution is 9.10. The molecule has 0 aliphatic carbocycles. The van der Waals surface area contributed by atoms with Gasteiger partial charge in [-0.25, -0.2) is 9.18 Å². The van der Waals surface area contributed by atoms with E-state index in [0.29, 0.717) is 33.3 Å². The number of benzene rings is 1. The van der Waals surface area contributed by atoms with E-state index in [1.54, 1.807) is 6.07 Å². The number of nitrogens with zero attached hydrogens (tertiary/aromatic N) is 1. The Morgan fingerprint density at radius 2 is 2.07 bits per heavy atom. The molecule has 0 bridgehead atoms. The first-order chi connectivity index (χ1) is 13.1. The summed E-state index contributed by atoms with van der Waals surface area (Å²) in [4.78, 5) is 13.1. The fourth-order valence-electron chi connectivity index (χ4n) is 3.14. The Morgan fingerprint density at radius 1 is 1.39 bits per heavy atom. The van der Waals surface area contributed by atoms with Crippen molar-refractivity contribution in [2.24, 2.45) is 5.41 Å². The van der Waals surface area contributed by atoms with Crippen molar-refractivity contribution < 1.29 is 13.9 Å². The third-order valence-corrected chi connectivity index (χ3v) is 5.08. The highest BCUT2D eigenvalue weighted by atomic mass is 79.9. The van der Waals surface area contributed by atoms with Gasteiger partial charge in [0, 0.05) is 15.9 Å². The number of carbonyl (C=O) groups is 1. The molecule has 0 saturated heterocycles. The first kappa shape index (κ1) is 22.2. The average Bonchev–Trinajstić information content (AvgIpc) is 2.59. The maximum Gasteiger partial charge on any atom is 0.336 e. The zero-order valence-corrected chi connectivity index (χ0v) is 18.5. The normalized spacial score (nSPS) is 17.3. The quantitative estimate of drug-likeness (QED) is 0.585. The maximum atomic E-state index is 13.7. The van der Waals surface area contributed by atoms with Crippen LogP contribution in [0.3, 0.4) is 0 Å². The summed E-state index contributed by atoms with van der Waals surface area (Å²) < 4.78 is 19.8. The lowest BCUT2D eigenvalue weighted by molar-refractivity contribution is -0.142. The minimum atomic E-state index is -0.616. The van der Waals surface area contributed by atoms with Crippen LogP contribution in [0.25, 0.3) is 0 Å². The van der Waals surface area contributed by atoms with Crippen molar-refractivity contribution in [1.82, 2.24) is 5.32 Å². The fourth-order valence-corrected chi connectivity index (χ4v) is 3.72. The predicted molar refractivity (Wildman–Crippen MR) is 111 cm³/mol. The Hall–Kier alpha value is -2.13. The summed E-state index contributed by atoms with van der Waals surface area (Å²) in [6.45, 7) is 10.1. The molecular weight excluding hydrogens is 423 g/mol. The summed E-state index contributed by atoms with van der Waals surface area (Å²) >= 11 is 3.40. The van der Waals surface area contributed by atoms with Crippen molar-refractivity contribution in [3.63, 3.8) is 0 Å². The molecule has 1 aromatic rings. The Morgan fingerprint density at radius 3 is 2.61 bits per heavy atom. The molecule has 1 heterocycles. The molecule has 1 aromatic carbocycles. The second kappa shape index (κ2) is 8.91. The maximum absolute atomic E-state index is 13.7. The number of nitriles is 1. The molecule has 1 unspecified atom stereocenters. The Bertz CT molecular complexity index is 876. The van der Waals surface area contributed by atoms with Crippen LogP contribution >= 0.6 is 15.9 Å². The molecule has 28 heavy (non-hydrogen) atoms. The van der Waals surface area contributed by atoms with E-state index in [2.05, 4.69) is 27.3 Å². The second-order valence-electron chi connectivity index (χ2n) is 8.15. The third-order valence-electron chi connectivity index (χ3n) is 4.40. The van der Waals surface area contributed by atoms with Gasteiger partial charge in [0.15, 0.2) is 0 Å². The van der Waals surface area contributed by atoms with Crippen molar-refractivity contribution in [2.75, 3.05) is 6.61 Å². The van der Waals surface area contributed by atoms with Crippen LogP contribution in [0.15, 0.2) is 45.2 Å². The van der Waals surface area contributed by atoms with E-state index < -0.39 is 17.7 Å². The molecule has 4 nitrogen and oxygen atoms in total. The summed E-state index contributed by atoms with van der Waals surface area (Å²) in [5.74, 6) is -1.46. The lowest BCUT2D eigenvalue weighted by atomic mass is 9.80. The van der Waals surface area contributed by atoms with Crippen LogP contribution < -0.4 is 5.32 Å². The van der Waals surface area contributed by atoms with Gasteiger partial charge in [0.25, 0.3) is 0 Å². The number of dihydropyridines is 1. The number of hydrogen-bond acceptors (Lipinski definition) is 4. The number of halogens is 2. The minimum Gasteiger partial charge on any atom is -0.462 e. The molecule has 0 spiro atoms. The van der Waals surface area contributed by atoms with E-state index in [1.807, 2.05) is 34.6 Å². The van der Waals surface area contributed by atoms with Crippen LogP contribution in [-0.2, 0) is 9.53 Å². The van der Waals surface area contributed by atoms with E-state index in [9.17, 15) is 14.4 Å². The lowest BCUT2D eigenvalue weighted by Crippen LogP contribution is -2.31. The molecule has 0 saturated carbocycles. The highest BCUT2D eigenvalue weighted by Gasteiger charge is 2.36. The lowest BCUT2D eigenvalue weighted by Gasteiger charge is -2.31. The molecule has 0 radical (unpaired) electrons. The number of nitrogens with one attached hydrogen (secondary N) is 1. The molecule has 6 heteroatoms. The van der Waals surface area contributed by atoms with Gasteiger partial charge < -0.3 is 10.1 Å². The first-order valence-corrected chi connectivity index (χ1v) is 10.1. The monoisotopic (exact) mass is 448 g/mol. The number of hydrogen-bond donors (Lipinski definition) is 1. The summed E-state index contributed by atoms with van der Waals surface area (Å²) in [6.07, 6.45) is 1.47. The predicted octanol–water partition coefficient (Wildman–Crippen LogP) is 5.72. The number of allylic oxidation sites excluding steroid dienone is 3. The van der Waals surface area contributed by atoms with E-state index >= 15 is 0 Å². The molecule has 1 aliphatic rings. The molecule has 1 N–H and O–H groups in total. The van der Waals surface area contributed by atoms with Crippen molar-refractivity contribution in [1.29, 1.82) is 5.26 Å². The second-order valence-corrected chi connectivity index (χ2v) is 9.01. The van der Waals surface area contributed by atoms with Gasteiger partial charge in [-0.2, -0.15) is 5.26 Å². The molecular formula is C22H26BrFN2O2. The smallest absolute Gasteiger partial charge is 0.336 e. The van der Waals surface area contributed by atoms with Crippen LogP contribution in [-0.4, -0.2) is 12.6 Å². The Balaban J connectivity index is 2.62. The van der Waals surface area contributed by atoms with Gasteiger partial charge in [0.1, 0.15) is 5.82 Å². The van der Waals surface area contributed by atoms with Gasteiger partial charge in [-0.05, 0) is 36.5 Å². The van der Waals surface area contributed by atoms with E-state index in [1.165, 1.54) is 12.1 Å². The topological polar surface area (TPSA) is 62.1 Å².